The Labute approximate surface area is 242 Å². The Hall–Kier alpha value is -2.75. The van der Waals surface area contributed by atoms with Crippen molar-refractivity contribution in [3.05, 3.63) is 52.5 Å². The maximum Gasteiger partial charge on any atom is 0.325 e. The second-order valence-corrected chi connectivity index (χ2v) is 12.4. The highest BCUT2D eigenvalue weighted by molar-refractivity contribution is 5.76. The number of aryl methyl sites for hydroxylation is 1. The number of hydrogen-bond donors (Lipinski definition) is 2. The normalized spacial score (nSPS) is 23.0. The Morgan fingerprint density at radius 2 is 2.15 bits per heavy atom. The molecular formula is C32H44FN3O5. The minimum absolute atomic E-state index is 0.0493. The van der Waals surface area contributed by atoms with Crippen LogP contribution in [0.25, 0.3) is 0 Å². The fraction of sp³-hybridized carbons (Fsp3) is 0.625. The lowest BCUT2D eigenvalue weighted by molar-refractivity contribution is -0.143. The van der Waals surface area contributed by atoms with E-state index in [4.69, 9.17) is 19.2 Å². The smallest absolute Gasteiger partial charge is 0.325 e. The van der Waals surface area contributed by atoms with Gasteiger partial charge < -0.3 is 24.6 Å². The number of likely N-dealkylation sites (tertiary alicyclic amines) is 1. The van der Waals surface area contributed by atoms with Crippen LogP contribution in [0.3, 0.4) is 0 Å². The molecule has 224 valence electrons. The Morgan fingerprint density at radius 1 is 1.29 bits per heavy atom. The molecule has 0 amide bonds. The van der Waals surface area contributed by atoms with Gasteiger partial charge in [0.25, 0.3) is 0 Å². The largest absolute Gasteiger partial charge is 0.496 e. The summed E-state index contributed by atoms with van der Waals surface area (Å²) < 4.78 is 32.3. The van der Waals surface area contributed by atoms with Crippen molar-refractivity contribution in [1.29, 1.82) is 0 Å². The molecule has 0 spiro atoms. The molecular weight excluding hydrogens is 525 g/mol. The van der Waals surface area contributed by atoms with E-state index in [1.807, 2.05) is 11.0 Å². The van der Waals surface area contributed by atoms with Crippen molar-refractivity contribution < 1.29 is 28.5 Å². The highest BCUT2D eigenvalue weighted by Crippen LogP contribution is 2.41. The third-order valence-corrected chi connectivity index (χ3v) is 8.66. The monoisotopic (exact) mass is 569 g/mol. The number of carbonyl (C=O) groups is 1. The van der Waals surface area contributed by atoms with Gasteiger partial charge in [0.1, 0.15) is 23.4 Å². The van der Waals surface area contributed by atoms with Crippen LogP contribution in [-0.4, -0.2) is 67.0 Å². The number of halogens is 1. The molecule has 2 fully saturated rings. The lowest BCUT2D eigenvalue weighted by Crippen LogP contribution is -2.35. The number of hydrogen-bond acceptors (Lipinski definition) is 7. The molecule has 3 atom stereocenters. The number of aromatic nitrogens is 1. The summed E-state index contributed by atoms with van der Waals surface area (Å²) in [7, 11) is 1.71. The number of carboxylic acid groups (broad SMARTS) is 1. The van der Waals surface area contributed by atoms with Gasteiger partial charge in [-0.2, -0.15) is 0 Å². The van der Waals surface area contributed by atoms with Gasteiger partial charge in [0.05, 0.1) is 25.9 Å². The lowest BCUT2D eigenvalue weighted by atomic mass is 9.82. The van der Waals surface area contributed by atoms with E-state index in [0.29, 0.717) is 31.9 Å². The molecule has 3 aliphatic rings. The number of unbranched alkanes of at least 4 members (excludes halogenated alkanes) is 1. The quantitative estimate of drug-likeness (QED) is 0.333. The third-order valence-electron chi connectivity index (χ3n) is 8.66. The van der Waals surface area contributed by atoms with Crippen LogP contribution in [0.15, 0.2) is 24.3 Å². The highest BCUT2D eigenvalue weighted by Gasteiger charge is 2.38. The minimum Gasteiger partial charge on any atom is -0.496 e. The molecule has 2 saturated heterocycles. The highest BCUT2D eigenvalue weighted by atomic mass is 19.1. The van der Waals surface area contributed by atoms with Gasteiger partial charge in [0.2, 0.25) is 0 Å². The summed E-state index contributed by atoms with van der Waals surface area (Å²) >= 11 is 0. The molecule has 0 saturated carbocycles. The number of aliphatic carboxylic acids is 1. The van der Waals surface area contributed by atoms with E-state index in [9.17, 15) is 14.3 Å². The third kappa shape index (κ3) is 7.19. The summed E-state index contributed by atoms with van der Waals surface area (Å²) in [6, 6.07) is 5.60. The van der Waals surface area contributed by atoms with Crippen LogP contribution < -0.4 is 10.1 Å². The maximum atomic E-state index is 14.4. The van der Waals surface area contributed by atoms with Gasteiger partial charge in [-0.25, -0.2) is 9.37 Å². The van der Waals surface area contributed by atoms with Crippen LogP contribution >= 0.6 is 0 Å². The standard InChI is InChI=1S/C32H44FN3O5/c1-32(2)13-11-27(41-20-32)24-10-9-21(33)17-26(24)29(31(37)38)36-15-12-23(19-36)40-16-5-4-7-22-18-28(39-3)25-8-6-14-34-30(25)35-22/h9-10,17-18,23,27,29H,4-8,11-16,19-20H2,1-3H3,(H,34,35)(H,37,38). The number of pyridine rings is 1. The summed E-state index contributed by atoms with van der Waals surface area (Å²) in [5, 5.41) is 13.7. The molecule has 4 heterocycles. The van der Waals surface area contributed by atoms with E-state index in [2.05, 4.69) is 19.2 Å². The van der Waals surface area contributed by atoms with Crippen molar-refractivity contribution in [2.75, 3.05) is 45.3 Å². The van der Waals surface area contributed by atoms with Crippen LogP contribution in [0, 0.1) is 11.2 Å². The first-order chi connectivity index (χ1) is 19.7. The first-order valence-corrected chi connectivity index (χ1v) is 15.0. The number of fused-ring (bicyclic) bond motifs is 1. The molecule has 0 aliphatic carbocycles. The zero-order valence-electron chi connectivity index (χ0n) is 24.6. The van der Waals surface area contributed by atoms with Gasteiger partial charge in [-0.3, -0.25) is 9.69 Å². The minimum atomic E-state index is -0.976. The van der Waals surface area contributed by atoms with Crippen molar-refractivity contribution in [1.82, 2.24) is 9.88 Å². The summed E-state index contributed by atoms with van der Waals surface area (Å²) in [6.07, 6.45) is 6.97. The topological polar surface area (TPSA) is 93.2 Å². The van der Waals surface area contributed by atoms with E-state index in [1.54, 1.807) is 13.2 Å². The summed E-state index contributed by atoms with van der Waals surface area (Å²) in [4.78, 5) is 19.3. The summed E-state index contributed by atoms with van der Waals surface area (Å²) in [5.74, 6) is 0.449. The zero-order valence-corrected chi connectivity index (χ0v) is 24.6. The van der Waals surface area contributed by atoms with Gasteiger partial charge in [-0.15, -0.1) is 0 Å². The predicted octanol–water partition coefficient (Wildman–Crippen LogP) is 5.70. The van der Waals surface area contributed by atoms with Crippen LogP contribution in [0.5, 0.6) is 5.75 Å². The summed E-state index contributed by atoms with van der Waals surface area (Å²) in [6.45, 7) is 7.56. The SMILES string of the molecule is COc1cc(CCCCOC2CCN(C(C(=O)O)c3cc(F)ccc3C3CCC(C)(C)CO3)C2)nc2c1CCCN2. The lowest BCUT2D eigenvalue weighted by Gasteiger charge is -2.36. The molecule has 2 N–H and O–H groups in total. The van der Waals surface area contributed by atoms with E-state index >= 15 is 0 Å². The second kappa shape index (κ2) is 13.0. The van der Waals surface area contributed by atoms with Crippen molar-refractivity contribution in [2.45, 2.75) is 83.5 Å². The maximum absolute atomic E-state index is 14.4. The van der Waals surface area contributed by atoms with E-state index < -0.39 is 17.8 Å². The van der Waals surface area contributed by atoms with E-state index in [-0.39, 0.29) is 17.6 Å². The number of benzene rings is 1. The first kappa shape index (κ1) is 29.7. The number of methoxy groups -OCH3 is 1. The van der Waals surface area contributed by atoms with Gasteiger partial charge in [0.15, 0.2) is 0 Å². The van der Waals surface area contributed by atoms with Crippen molar-refractivity contribution >= 4 is 11.8 Å². The Bertz CT molecular complexity index is 1190. The van der Waals surface area contributed by atoms with Crippen molar-refractivity contribution in [3.8, 4) is 5.75 Å². The van der Waals surface area contributed by atoms with Gasteiger partial charge in [0, 0.05) is 43.6 Å². The molecule has 0 bridgehead atoms. The number of anilines is 1. The Morgan fingerprint density at radius 3 is 2.90 bits per heavy atom. The number of carboxylic acids is 1. The van der Waals surface area contributed by atoms with E-state index in [1.165, 1.54) is 12.1 Å². The zero-order chi connectivity index (χ0) is 29.0. The van der Waals surface area contributed by atoms with Crippen LogP contribution in [-0.2, 0) is 27.1 Å². The number of ether oxygens (including phenoxy) is 3. The van der Waals surface area contributed by atoms with Crippen molar-refractivity contribution in [2.24, 2.45) is 5.41 Å². The second-order valence-electron chi connectivity index (χ2n) is 12.4. The molecule has 1 aromatic heterocycles. The molecule has 41 heavy (non-hydrogen) atoms. The summed E-state index contributed by atoms with van der Waals surface area (Å²) in [5.41, 5.74) is 3.54. The number of nitrogens with one attached hydrogen (secondary N) is 1. The Kier molecular flexibility index (Phi) is 9.46. The van der Waals surface area contributed by atoms with E-state index in [0.717, 1.165) is 86.3 Å². The predicted molar refractivity (Wildman–Crippen MR) is 155 cm³/mol. The number of rotatable bonds is 11. The van der Waals surface area contributed by atoms with Gasteiger partial charge >= 0.3 is 5.97 Å². The Balaban J connectivity index is 1.15. The molecule has 8 nitrogen and oxygen atoms in total. The number of nitrogens with zero attached hydrogens (tertiary/aromatic N) is 2. The van der Waals surface area contributed by atoms with Gasteiger partial charge in [-0.1, -0.05) is 19.9 Å². The first-order valence-electron chi connectivity index (χ1n) is 15.0. The fourth-order valence-corrected chi connectivity index (χ4v) is 6.36. The molecule has 5 rings (SSSR count). The molecule has 3 aliphatic heterocycles. The van der Waals surface area contributed by atoms with Crippen molar-refractivity contribution in [3.63, 3.8) is 0 Å². The molecule has 9 heteroatoms. The van der Waals surface area contributed by atoms with Gasteiger partial charge in [-0.05, 0) is 80.0 Å². The molecule has 2 aromatic rings. The molecule has 1 aromatic carbocycles. The average Bonchev–Trinajstić information content (AvgIpc) is 3.41. The molecule has 0 radical (unpaired) electrons. The van der Waals surface area contributed by atoms with Crippen LogP contribution in [0.2, 0.25) is 0 Å². The molecule has 3 unspecified atom stereocenters. The average molecular weight is 570 g/mol. The van der Waals surface area contributed by atoms with Crippen LogP contribution in [0.4, 0.5) is 10.2 Å². The van der Waals surface area contributed by atoms with Crippen LogP contribution in [0.1, 0.15) is 86.9 Å². The fourth-order valence-electron chi connectivity index (χ4n) is 6.36.